The minimum Gasteiger partial charge on any atom is -0.324 e. The fourth-order valence-electron chi connectivity index (χ4n) is 2.55. The van der Waals surface area contributed by atoms with Crippen molar-refractivity contribution in [3.63, 3.8) is 0 Å². The van der Waals surface area contributed by atoms with Gasteiger partial charge in [0, 0.05) is 29.2 Å². The van der Waals surface area contributed by atoms with Crippen LogP contribution < -0.4 is 5.32 Å². The van der Waals surface area contributed by atoms with Crippen molar-refractivity contribution in [1.29, 1.82) is 0 Å². The van der Waals surface area contributed by atoms with E-state index in [1.165, 1.54) is 10.9 Å². The molecule has 2 heterocycles. The van der Waals surface area contributed by atoms with Crippen LogP contribution in [0.25, 0.3) is 10.9 Å². The van der Waals surface area contributed by atoms with E-state index in [9.17, 15) is 0 Å². The summed E-state index contributed by atoms with van der Waals surface area (Å²) in [5.41, 5.74) is 4.37. The van der Waals surface area contributed by atoms with Crippen LogP contribution in [-0.4, -0.2) is 15.0 Å². The standard InChI is InChI=1S/C18H20N4/c1-12-10-15(18(2,3)4)14-7-6-13(11-16(14)21-12)22-17-19-8-5-9-20-17/h5-11H,1-4H3,(H,19,20,22). The second kappa shape index (κ2) is 5.37. The molecule has 0 fully saturated rings. The Hall–Kier alpha value is -2.49. The molecule has 112 valence electrons. The Bertz CT molecular complexity index is 804. The first-order valence-electron chi connectivity index (χ1n) is 7.39. The van der Waals surface area contributed by atoms with Crippen LogP contribution in [0.4, 0.5) is 11.6 Å². The van der Waals surface area contributed by atoms with E-state index in [1.54, 1.807) is 18.5 Å². The van der Waals surface area contributed by atoms with E-state index >= 15 is 0 Å². The van der Waals surface area contributed by atoms with Crippen molar-refractivity contribution in [2.45, 2.75) is 33.1 Å². The monoisotopic (exact) mass is 292 g/mol. The van der Waals surface area contributed by atoms with Gasteiger partial charge in [0.2, 0.25) is 5.95 Å². The van der Waals surface area contributed by atoms with E-state index in [2.05, 4.69) is 53.2 Å². The third-order valence-electron chi connectivity index (χ3n) is 3.57. The molecule has 0 aliphatic rings. The lowest BCUT2D eigenvalue weighted by atomic mass is 9.84. The second-order valence-electron chi connectivity index (χ2n) is 6.49. The number of nitrogens with one attached hydrogen (secondary N) is 1. The highest BCUT2D eigenvalue weighted by molar-refractivity contribution is 5.86. The zero-order valence-corrected chi connectivity index (χ0v) is 13.4. The van der Waals surface area contributed by atoms with Crippen molar-refractivity contribution in [2.24, 2.45) is 0 Å². The molecule has 1 aromatic carbocycles. The lowest BCUT2D eigenvalue weighted by molar-refractivity contribution is 0.594. The molecule has 4 heteroatoms. The second-order valence-corrected chi connectivity index (χ2v) is 6.49. The van der Waals surface area contributed by atoms with Crippen molar-refractivity contribution >= 4 is 22.5 Å². The molecule has 0 saturated heterocycles. The maximum absolute atomic E-state index is 4.67. The van der Waals surface area contributed by atoms with Gasteiger partial charge < -0.3 is 5.32 Å². The minimum atomic E-state index is 0.0867. The van der Waals surface area contributed by atoms with E-state index in [0.29, 0.717) is 5.95 Å². The number of anilines is 2. The Balaban J connectivity index is 2.07. The Labute approximate surface area is 130 Å². The summed E-state index contributed by atoms with van der Waals surface area (Å²) in [6.45, 7) is 8.72. The molecule has 0 unspecified atom stereocenters. The molecule has 4 nitrogen and oxygen atoms in total. The lowest BCUT2D eigenvalue weighted by Gasteiger charge is -2.22. The van der Waals surface area contributed by atoms with Crippen LogP contribution >= 0.6 is 0 Å². The van der Waals surface area contributed by atoms with Crippen LogP contribution in [0.3, 0.4) is 0 Å². The number of fused-ring (bicyclic) bond motifs is 1. The SMILES string of the molecule is Cc1cc(C(C)(C)C)c2ccc(Nc3ncccn3)cc2n1. The van der Waals surface area contributed by atoms with E-state index in [0.717, 1.165) is 16.9 Å². The number of nitrogens with zero attached hydrogens (tertiary/aromatic N) is 3. The summed E-state index contributed by atoms with van der Waals surface area (Å²) in [7, 11) is 0. The lowest BCUT2D eigenvalue weighted by Crippen LogP contribution is -2.12. The first-order chi connectivity index (χ1) is 10.4. The van der Waals surface area contributed by atoms with Gasteiger partial charge in [-0.2, -0.15) is 0 Å². The number of aromatic nitrogens is 3. The summed E-state index contributed by atoms with van der Waals surface area (Å²) in [4.78, 5) is 13.0. The van der Waals surface area contributed by atoms with E-state index in [1.807, 2.05) is 19.1 Å². The van der Waals surface area contributed by atoms with Gasteiger partial charge in [-0.1, -0.05) is 26.8 Å². The molecule has 0 spiro atoms. The molecular formula is C18H20N4. The smallest absolute Gasteiger partial charge is 0.227 e. The summed E-state index contributed by atoms with van der Waals surface area (Å²) in [5, 5.41) is 4.40. The van der Waals surface area contributed by atoms with Crippen LogP contribution in [0.5, 0.6) is 0 Å². The maximum atomic E-state index is 4.67. The molecular weight excluding hydrogens is 272 g/mol. The van der Waals surface area contributed by atoms with Crippen LogP contribution in [-0.2, 0) is 5.41 Å². The Morgan fingerprint density at radius 3 is 2.41 bits per heavy atom. The van der Waals surface area contributed by atoms with Crippen molar-refractivity contribution in [2.75, 3.05) is 5.32 Å². The quantitative estimate of drug-likeness (QED) is 0.761. The molecule has 3 aromatic rings. The van der Waals surface area contributed by atoms with Crippen LogP contribution in [0.15, 0.2) is 42.7 Å². The maximum Gasteiger partial charge on any atom is 0.227 e. The summed E-state index contributed by atoms with van der Waals surface area (Å²) in [6.07, 6.45) is 3.44. The van der Waals surface area contributed by atoms with Crippen LogP contribution in [0.2, 0.25) is 0 Å². The van der Waals surface area contributed by atoms with Gasteiger partial charge in [0.25, 0.3) is 0 Å². The third kappa shape index (κ3) is 2.91. The van der Waals surface area contributed by atoms with Crippen molar-refractivity contribution in [1.82, 2.24) is 15.0 Å². The zero-order valence-electron chi connectivity index (χ0n) is 13.4. The number of hydrogen-bond donors (Lipinski definition) is 1. The number of benzene rings is 1. The third-order valence-corrected chi connectivity index (χ3v) is 3.57. The molecule has 0 radical (unpaired) electrons. The molecule has 22 heavy (non-hydrogen) atoms. The highest BCUT2D eigenvalue weighted by atomic mass is 15.1. The molecule has 0 saturated carbocycles. The van der Waals surface area contributed by atoms with Gasteiger partial charge in [-0.15, -0.1) is 0 Å². The predicted molar refractivity (Wildman–Crippen MR) is 90.5 cm³/mol. The highest BCUT2D eigenvalue weighted by Crippen LogP contribution is 2.31. The largest absolute Gasteiger partial charge is 0.324 e. The summed E-state index contributed by atoms with van der Waals surface area (Å²) in [5.74, 6) is 0.588. The fourth-order valence-corrected chi connectivity index (χ4v) is 2.55. The van der Waals surface area contributed by atoms with E-state index in [-0.39, 0.29) is 5.41 Å². The number of aryl methyl sites for hydroxylation is 1. The average Bonchev–Trinajstić information content (AvgIpc) is 2.46. The first-order valence-corrected chi connectivity index (χ1v) is 7.39. The van der Waals surface area contributed by atoms with Crippen molar-refractivity contribution < 1.29 is 0 Å². The zero-order chi connectivity index (χ0) is 15.7. The molecule has 0 atom stereocenters. The van der Waals surface area contributed by atoms with E-state index < -0.39 is 0 Å². The topological polar surface area (TPSA) is 50.7 Å². The van der Waals surface area contributed by atoms with Gasteiger partial charge in [-0.25, -0.2) is 9.97 Å². The minimum absolute atomic E-state index is 0.0867. The van der Waals surface area contributed by atoms with Gasteiger partial charge in [0.15, 0.2) is 0 Å². The predicted octanol–water partition coefficient (Wildman–Crippen LogP) is 4.37. The Morgan fingerprint density at radius 1 is 1.00 bits per heavy atom. The van der Waals surface area contributed by atoms with Gasteiger partial charge >= 0.3 is 0 Å². The van der Waals surface area contributed by atoms with Gasteiger partial charge in [0.05, 0.1) is 5.52 Å². The molecule has 3 rings (SSSR count). The van der Waals surface area contributed by atoms with Crippen molar-refractivity contribution in [3.8, 4) is 0 Å². The molecule has 0 aliphatic heterocycles. The molecule has 0 amide bonds. The van der Waals surface area contributed by atoms with Crippen LogP contribution in [0.1, 0.15) is 32.0 Å². The summed E-state index contributed by atoms with van der Waals surface area (Å²) in [6, 6.07) is 10.2. The van der Waals surface area contributed by atoms with Crippen molar-refractivity contribution in [3.05, 3.63) is 54.0 Å². The Morgan fingerprint density at radius 2 is 1.73 bits per heavy atom. The average molecular weight is 292 g/mol. The van der Waals surface area contributed by atoms with Gasteiger partial charge in [-0.3, -0.25) is 4.98 Å². The van der Waals surface area contributed by atoms with E-state index in [4.69, 9.17) is 0 Å². The summed E-state index contributed by atoms with van der Waals surface area (Å²) < 4.78 is 0. The van der Waals surface area contributed by atoms with Crippen LogP contribution in [0, 0.1) is 6.92 Å². The molecule has 1 N–H and O–H groups in total. The number of rotatable bonds is 2. The Kier molecular flexibility index (Phi) is 3.53. The number of pyridine rings is 1. The number of hydrogen-bond acceptors (Lipinski definition) is 4. The molecule has 0 aliphatic carbocycles. The van der Waals surface area contributed by atoms with Gasteiger partial charge in [0.1, 0.15) is 0 Å². The highest BCUT2D eigenvalue weighted by Gasteiger charge is 2.18. The van der Waals surface area contributed by atoms with Gasteiger partial charge in [-0.05, 0) is 42.2 Å². The fraction of sp³-hybridized carbons (Fsp3) is 0.278. The first kappa shape index (κ1) is 14.4. The molecule has 2 aromatic heterocycles. The normalized spacial score (nSPS) is 11.6. The molecule has 0 bridgehead atoms. The summed E-state index contributed by atoms with van der Waals surface area (Å²) >= 11 is 0.